The van der Waals surface area contributed by atoms with Gasteiger partial charge in [-0.05, 0) is 44.7 Å². The molecule has 0 aliphatic carbocycles. The highest BCUT2D eigenvalue weighted by Gasteiger charge is 2.33. The van der Waals surface area contributed by atoms with E-state index in [1.165, 1.54) is 0 Å². The van der Waals surface area contributed by atoms with E-state index in [9.17, 15) is 19.2 Å². The van der Waals surface area contributed by atoms with Crippen molar-refractivity contribution < 1.29 is 23.9 Å². The smallest absolute Gasteiger partial charge is 0.326 e. The van der Waals surface area contributed by atoms with Crippen LogP contribution in [0, 0.1) is 0 Å². The van der Waals surface area contributed by atoms with Crippen molar-refractivity contribution in [1.29, 1.82) is 0 Å². The van der Waals surface area contributed by atoms with Crippen LogP contribution in [0.4, 0.5) is 0 Å². The molecule has 144 valence electrons. The Morgan fingerprint density at radius 3 is 2.48 bits per heavy atom. The highest BCUT2D eigenvalue weighted by Crippen LogP contribution is 2.23. The molecule has 0 radical (unpaired) electrons. The molecule has 0 aromatic heterocycles. The second kappa shape index (κ2) is 7.90. The summed E-state index contributed by atoms with van der Waals surface area (Å²) in [6.45, 7) is 3.11. The van der Waals surface area contributed by atoms with Crippen molar-refractivity contribution in [2.24, 2.45) is 0 Å². The molecule has 0 saturated carbocycles. The summed E-state index contributed by atoms with van der Waals surface area (Å²) in [5.74, 6) is -1.96. The first-order chi connectivity index (χ1) is 12.9. The minimum atomic E-state index is -0.762. The zero-order valence-corrected chi connectivity index (χ0v) is 15.6. The van der Waals surface area contributed by atoms with Crippen molar-refractivity contribution >= 4 is 23.7 Å². The van der Waals surface area contributed by atoms with Gasteiger partial charge in [-0.2, -0.15) is 0 Å². The first-order valence-corrected chi connectivity index (χ1v) is 9.28. The monoisotopic (exact) mass is 372 g/mol. The van der Waals surface area contributed by atoms with Gasteiger partial charge in [0.2, 0.25) is 5.91 Å². The molecule has 0 N–H and O–H groups in total. The maximum atomic E-state index is 12.5. The zero-order chi connectivity index (χ0) is 19.6. The molecule has 0 spiro atoms. The number of benzene rings is 1. The standard InChI is InChI=1S/C20H24N2O5/c1-13-6-5-7-14(2)22(13)18(24)12-27-19(25)11-21-17(23)10-15-8-3-4-9-16(15)20(21)26/h3-4,8-9,13-14H,5-7,10-12H2,1-2H3/t13-,14-/m0/s1. The zero-order valence-electron chi connectivity index (χ0n) is 15.6. The molecule has 2 aliphatic rings. The lowest BCUT2D eigenvalue weighted by atomic mass is 9.97. The van der Waals surface area contributed by atoms with Gasteiger partial charge in [-0.1, -0.05) is 18.2 Å². The highest BCUT2D eigenvalue weighted by atomic mass is 16.5. The van der Waals surface area contributed by atoms with Crippen LogP contribution in [-0.2, 0) is 25.5 Å². The Kier molecular flexibility index (Phi) is 5.58. The maximum Gasteiger partial charge on any atom is 0.326 e. The summed E-state index contributed by atoms with van der Waals surface area (Å²) >= 11 is 0. The molecule has 27 heavy (non-hydrogen) atoms. The van der Waals surface area contributed by atoms with E-state index in [4.69, 9.17) is 4.74 Å². The van der Waals surface area contributed by atoms with Gasteiger partial charge in [0.05, 0.1) is 6.42 Å². The van der Waals surface area contributed by atoms with Crippen molar-refractivity contribution in [2.45, 2.75) is 51.6 Å². The van der Waals surface area contributed by atoms with Crippen molar-refractivity contribution in [3.05, 3.63) is 35.4 Å². The molecule has 7 nitrogen and oxygen atoms in total. The van der Waals surface area contributed by atoms with Crippen LogP contribution in [0.15, 0.2) is 24.3 Å². The first kappa shape index (κ1) is 19.1. The summed E-state index contributed by atoms with van der Waals surface area (Å²) in [6, 6.07) is 7.05. The Morgan fingerprint density at radius 1 is 1.11 bits per heavy atom. The lowest BCUT2D eigenvalue weighted by molar-refractivity contribution is -0.156. The summed E-state index contributed by atoms with van der Waals surface area (Å²) in [7, 11) is 0. The molecule has 1 aromatic carbocycles. The van der Waals surface area contributed by atoms with Gasteiger partial charge in [-0.25, -0.2) is 0 Å². The number of hydrogen-bond donors (Lipinski definition) is 0. The molecule has 2 aliphatic heterocycles. The van der Waals surface area contributed by atoms with Crippen molar-refractivity contribution in [3.63, 3.8) is 0 Å². The fourth-order valence-corrected chi connectivity index (χ4v) is 3.86. The Bertz CT molecular complexity index is 765. The predicted octanol–water partition coefficient (Wildman–Crippen LogP) is 1.54. The third-order valence-corrected chi connectivity index (χ3v) is 5.26. The average molecular weight is 372 g/mol. The number of ether oxygens (including phenoxy) is 1. The van der Waals surface area contributed by atoms with E-state index in [1.807, 2.05) is 13.8 Å². The SMILES string of the molecule is C[C@H]1CCC[C@H](C)N1C(=O)COC(=O)CN1C(=O)Cc2ccccc2C1=O. The highest BCUT2D eigenvalue weighted by molar-refractivity contribution is 6.11. The van der Waals surface area contributed by atoms with E-state index in [-0.39, 0.29) is 31.0 Å². The molecule has 2 atom stereocenters. The van der Waals surface area contributed by atoms with Crippen LogP contribution in [0.25, 0.3) is 0 Å². The molecule has 2 heterocycles. The predicted molar refractivity (Wildman–Crippen MR) is 96.8 cm³/mol. The number of fused-ring (bicyclic) bond motifs is 1. The van der Waals surface area contributed by atoms with Gasteiger partial charge in [0.15, 0.2) is 6.61 Å². The molecule has 1 aromatic rings. The molecule has 1 fully saturated rings. The lowest BCUT2D eigenvalue weighted by Gasteiger charge is -2.38. The summed E-state index contributed by atoms with van der Waals surface area (Å²) in [6.07, 6.45) is 3.00. The molecule has 1 saturated heterocycles. The number of esters is 1. The van der Waals surface area contributed by atoms with E-state index < -0.39 is 24.3 Å². The third-order valence-electron chi connectivity index (χ3n) is 5.26. The van der Waals surface area contributed by atoms with Gasteiger partial charge < -0.3 is 9.64 Å². The Morgan fingerprint density at radius 2 is 1.78 bits per heavy atom. The van der Waals surface area contributed by atoms with Crippen LogP contribution in [0.3, 0.4) is 0 Å². The van der Waals surface area contributed by atoms with Gasteiger partial charge in [0, 0.05) is 17.6 Å². The number of imide groups is 1. The van der Waals surface area contributed by atoms with Gasteiger partial charge in [0.1, 0.15) is 6.54 Å². The third kappa shape index (κ3) is 4.02. The topological polar surface area (TPSA) is 84.0 Å². The first-order valence-electron chi connectivity index (χ1n) is 9.28. The van der Waals surface area contributed by atoms with Crippen molar-refractivity contribution in [2.75, 3.05) is 13.2 Å². The molecular formula is C20H24N2O5. The molecule has 3 amide bonds. The molecule has 3 rings (SSSR count). The molecule has 0 bridgehead atoms. The van der Waals surface area contributed by atoms with Gasteiger partial charge in [-0.15, -0.1) is 0 Å². The second-order valence-electron chi connectivity index (χ2n) is 7.21. The molecule has 0 unspecified atom stereocenters. The number of rotatable bonds is 4. The minimum Gasteiger partial charge on any atom is -0.454 e. The van der Waals surface area contributed by atoms with E-state index in [1.54, 1.807) is 29.2 Å². The van der Waals surface area contributed by atoms with Crippen molar-refractivity contribution in [3.8, 4) is 0 Å². The lowest BCUT2D eigenvalue weighted by Crippen LogP contribution is -2.49. The number of amides is 3. The van der Waals surface area contributed by atoms with E-state index in [0.717, 1.165) is 24.2 Å². The maximum absolute atomic E-state index is 12.5. The fraction of sp³-hybridized carbons (Fsp3) is 0.500. The number of likely N-dealkylation sites (tertiary alicyclic amines) is 1. The number of hydrogen-bond acceptors (Lipinski definition) is 5. The van der Waals surface area contributed by atoms with Gasteiger partial charge in [-0.3, -0.25) is 24.1 Å². The summed E-state index contributed by atoms with van der Waals surface area (Å²) in [5, 5.41) is 0. The largest absolute Gasteiger partial charge is 0.454 e. The Hall–Kier alpha value is -2.70. The van der Waals surface area contributed by atoms with Gasteiger partial charge >= 0.3 is 5.97 Å². The number of carbonyl (C=O) groups is 4. The molecule has 7 heteroatoms. The number of carbonyl (C=O) groups excluding carboxylic acids is 4. The summed E-state index contributed by atoms with van der Waals surface area (Å²) in [5.41, 5.74) is 1.07. The Balaban J connectivity index is 1.57. The normalized spacial score (nSPS) is 22.4. The van der Waals surface area contributed by atoms with E-state index in [2.05, 4.69) is 0 Å². The van der Waals surface area contributed by atoms with E-state index >= 15 is 0 Å². The fourth-order valence-electron chi connectivity index (χ4n) is 3.86. The average Bonchev–Trinajstić information content (AvgIpc) is 2.63. The second-order valence-corrected chi connectivity index (χ2v) is 7.21. The number of piperidine rings is 1. The Labute approximate surface area is 158 Å². The summed E-state index contributed by atoms with van der Waals surface area (Å²) in [4.78, 5) is 51.8. The van der Waals surface area contributed by atoms with E-state index in [0.29, 0.717) is 11.1 Å². The quantitative estimate of drug-likeness (QED) is 0.591. The molecular weight excluding hydrogens is 348 g/mol. The van der Waals surface area contributed by atoms with Crippen LogP contribution in [0.1, 0.15) is 49.0 Å². The minimum absolute atomic E-state index is 0.0664. The summed E-state index contributed by atoms with van der Waals surface area (Å²) < 4.78 is 5.06. The van der Waals surface area contributed by atoms with Crippen LogP contribution in [0.2, 0.25) is 0 Å². The number of nitrogens with zero attached hydrogens (tertiary/aromatic N) is 2. The van der Waals surface area contributed by atoms with Crippen molar-refractivity contribution in [1.82, 2.24) is 9.80 Å². The van der Waals surface area contributed by atoms with Crippen LogP contribution < -0.4 is 0 Å². The van der Waals surface area contributed by atoms with Crippen LogP contribution in [-0.4, -0.2) is 58.7 Å². The van der Waals surface area contributed by atoms with Crippen LogP contribution in [0.5, 0.6) is 0 Å². The van der Waals surface area contributed by atoms with Crippen LogP contribution >= 0.6 is 0 Å². The van der Waals surface area contributed by atoms with Gasteiger partial charge in [0.25, 0.3) is 11.8 Å².